The summed E-state index contributed by atoms with van der Waals surface area (Å²) in [6, 6.07) is 29.2. The van der Waals surface area contributed by atoms with Crippen molar-refractivity contribution in [3.05, 3.63) is 119 Å². The number of hydrogen-bond acceptors (Lipinski definition) is 5. The summed E-state index contributed by atoms with van der Waals surface area (Å²) in [4.78, 5) is 43.0. The predicted octanol–water partition coefficient (Wildman–Crippen LogP) is 6.20. The van der Waals surface area contributed by atoms with E-state index in [9.17, 15) is 14.4 Å². The molecule has 0 fully saturated rings. The molecule has 0 aliphatic rings. The average molecular weight is 489 g/mol. The molecule has 182 valence electrons. The van der Waals surface area contributed by atoms with Gasteiger partial charge in [0, 0.05) is 57.5 Å². The Morgan fingerprint density at radius 1 is 0.703 bits per heavy atom. The van der Waals surface area contributed by atoms with Crippen molar-refractivity contribution in [3.63, 3.8) is 0 Å². The Balaban J connectivity index is 1.64. The standard InChI is InChI=1S/C31H24N2O4/c1-3-33-27-16-14-23(30(35)22-12-8-5-9-13-22)18-25(27)26-19-24(15-17-28(26)33)31(36)29(32-37-20(2)34)21-10-6-4-7-11-21/h4-19H,3H2,1-2H3. The molecule has 0 aliphatic heterocycles. The molecule has 1 heterocycles. The highest BCUT2D eigenvalue weighted by Crippen LogP contribution is 2.31. The largest absolute Gasteiger partial charge is 0.341 e. The quantitative estimate of drug-likeness (QED) is 0.118. The monoisotopic (exact) mass is 488 g/mol. The van der Waals surface area contributed by atoms with Crippen molar-refractivity contribution in [1.82, 2.24) is 4.57 Å². The molecule has 0 amide bonds. The molecule has 37 heavy (non-hydrogen) atoms. The van der Waals surface area contributed by atoms with E-state index in [1.807, 2.05) is 54.6 Å². The Kier molecular flexibility index (Phi) is 6.47. The molecule has 5 rings (SSSR count). The average Bonchev–Trinajstić information content (AvgIpc) is 3.25. The molecule has 0 saturated carbocycles. The Morgan fingerprint density at radius 3 is 1.81 bits per heavy atom. The lowest BCUT2D eigenvalue weighted by Crippen LogP contribution is -2.17. The third-order valence-corrected chi connectivity index (χ3v) is 6.27. The molecule has 0 bridgehead atoms. The molecule has 5 aromatic rings. The molecule has 0 radical (unpaired) electrons. The highest BCUT2D eigenvalue weighted by molar-refractivity contribution is 6.51. The van der Waals surface area contributed by atoms with Gasteiger partial charge in [0.15, 0.2) is 11.5 Å². The minimum atomic E-state index is -0.613. The van der Waals surface area contributed by atoms with Crippen LogP contribution >= 0.6 is 0 Å². The van der Waals surface area contributed by atoms with Crippen LogP contribution in [-0.4, -0.2) is 27.8 Å². The van der Waals surface area contributed by atoms with Crippen LogP contribution in [0.1, 0.15) is 45.7 Å². The fourth-order valence-electron chi connectivity index (χ4n) is 4.55. The van der Waals surface area contributed by atoms with Crippen molar-refractivity contribution in [3.8, 4) is 0 Å². The first-order valence-corrected chi connectivity index (χ1v) is 12.0. The summed E-state index contributed by atoms with van der Waals surface area (Å²) in [5.74, 6) is -1.05. The van der Waals surface area contributed by atoms with Gasteiger partial charge < -0.3 is 9.40 Å². The number of carbonyl (C=O) groups excluding carboxylic acids is 3. The van der Waals surface area contributed by atoms with Crippen LogP contribution in [-0.2, 0) is 16.2 Å². The van der Waals surface area contributed by atoms with Crippen LogP contribution in [0.3, 0.4) is 0 Å². The van der Waals surface area contributed by atoms with Gasteiger partial charge in [0.25, 0.3) is 0 Å². The lowest BCUT2D eigenvalue weighted by molar-refractivity contribution is -0.140. The number of hydrogen-bond donors (Lipinski definition) is 0. The second-order valence-corrected chi connectivity index (χ2v) is 8.62. The highest BCUT2D eigenvalue weighted by atomic mass is 16.7. The van der Waals surface area contributed by atoms with Gasteiger partial charge in [-0.1, -0.05) is 65.8 Å². The van der Waals surface area contributed by atoms with Crippen LogP contribution in [0.4, 0.5) is 0 Å². The van der Waals surface area contributed by atoms with Gasteiger partial charge in [-0.25, -0.2) is 4.79 Å². The van der Waals surface area contributed by atoms with E-state index in [0.717, 1.165) is 28.4 Å². The summed E-state index contributed by atoms with van der Waals surface area (Å²) in [5, 5.41) is 5.61. The number of ketones is 2. The number of benzene rings is 4. The van der Waals surface area contributed by atoms with Gasteiger partial charge in [0.2, 0.25) is 5.78 Å². The summed E-state index contributed by atoms with van der Waals surface area (Å²) in [6.07, 6.45) is 0. The Bertz CT molecular complexity index is 1680. The van der Waals surface area contributed by atoms with Crippen LogP contribution < -0.4 is 0 Å². The number of aromatic nitrogens is 1. The number of Topliss-reactive ketones (excluding diaryl/α,β-unsaturated/α-hetero) is 1. The zero-order valence-electron chi connectivity index (χ0n) is 20.5. The summed E-state index contributed by atoms with van der Waals surface area (Å²) in [5.41, 5.74) is 4.10. The molecule has 6 heteroatoms. The number of nitrogens with zero attached hydrogens (tertiary/aromatic N) is 2. The maximum absolute atomic E-state index is 13.6. The molecule has 4 aromatic carbocycles. The van der Waals surface area contributed by atoms with Crippen LogP contribution in [0.15, 0.2) is 102 Å². The number of carbonyl (C=O) groups is 3. The second kappa shape index (κ2) is 10.0. The van der Waals surface area contributed by atoms with E-state index in [-0.39, 0.29) is 17.3 Å². The van der Waals surface area contributed by atoms with Gasteiger partial charge in [-0.2, -0.15) is 0 Å². The van der Waals surface area contributed by atoms with E-state index in [1.165, 1.54) is 6.92 Å². The molecule has 0 aliphatic carbocycles. The number of rotatable bonds is 7. The molecular formula is C31H24N2O4. The highest BCUT2D eigenvalue weighted by Gasteiger charge is 2.20. The first-order chi connectivity index (χ1) is 18.0. The lowest BCUT2D eigenvalue weighted by atomic mass is 9.98. The fraction of sp³-hybridized carbons (Fsp3) is 0.0968. The van der Waals surface area contributed by atoms with Gasteiger partial charge in [-0.3, -0.25) is 9.59 Å². The third kappa shape index (κ3) is 4.57. The summed E-state index contributed by atoms with van der Waals surface area (Å²) >= 11 is 0. The van der Waals surface area contributed by atoms with Crippen LogP contribution in [0.25, 0.3) is 21.8 Å². The first kappa shape index (κ1) is 23.9. The van der Waals surface area contributed by atoms with Gasteiger partial charge in [-0.15, -0.1) is 0 Å². The SMILES string of the molecule is CCn1c2ccc(C(=O)C(=NOC(C)=O)c3ccccc3)cc2c2cc(C(=O)c3ccccc3)ccc21. The topological polar surface area (TPSA) is 77.7 Å². The maximum atomic E-state index is 13.6. The smallest absolute Gasteiger partial charge is 0.332 e. The molecule has 0 atom stereocenters. The fourth-order valence-corrected chi connectivity index (χ4v) is 4.55. The zero-order chi connectivity index (χ0) is 25.9. The van der Waals surface area contributed by atoms with E-state index >= 15 is 0 Å². The molecule has 6 nitrogen and oxygen atoms in total. The van der Waals surface area contributed by atoms with Crippen LogP contribution in [0, 0.1) is 0 Å². The molecular weight excluding hydrogens is 464 g/mol. The van der Waals surface area contributed by atoms with Crippen molar-refractivity contribution >= 4 is 45.1 Å². The predicted molar refractivity (Wildman–Crippen MR) is 144 cm³/mol. The third-order valence-electron chi connectivity index (χ3n) is 6.27. The van der Waals surface area contributed by atoms with E-state index in [1.54, 1.807) is 42.5 Å². The lowest BCUT2D eigenvalue weighted by Gasteiger charge is -2.07. The first-order valence-electron chi connectivity index (χ1n) is 12.0. The Morgan fingerprint density at radius 2 is 1.24 bits per heavy atom. The van der Waals surface area contributed by atoms with Gasteiger partial charge in [-0.05, 0) is 43.3 Å². The minimum absolute atomic E-state index is 0.0364. The van der Waals surface area contributed by atoms with Crippen molar-refractivity contribution in [2.24, 2.45) is 5.16 Å². The normalized spacial score (nSPS) is 11.6. The van der Waals surface area contributed by atoms with Crippen molar-refractivity contribution in [2.75, 3.05) is 0 Å². The van der Waals surface area contributed by atoms with Crippen LogP contribution in [0.5, 0.6) is 0 Å². The van der Waals surface area contributed by atoms with E-state index < -0.39 is 5.97 Å². The van der Waals surface area contributed by atoms with Crippen molar-refractivity contribution in [1.29, 1.82) is 0 Å². The molecule has 1 aromatic heterocycles. The van der Waals surface area contributed by atoms with Gasteiger partial charge in [0.1, 0.15) is 0 Å². The molecule has 0 saturated heterocycles. The molecule has 0 N–H and O–H groups in total. The number of aryl methyl sites for hydroxylation is 1. The van der Waals surface area contributed by atoms with Gasteiger partial charge in [0.05, 0.1) is 0 Å². The molecule has 0 unspecified atom stereocenters. The van der Waals surface area contributed by atoms with E-state index in [4.69, 9.17) is 4.84 Å². The number of fused-ring (bicyclic) bond motifs is 3. The summed E-state index contributed by atoms with van der Waals surface area (Å²) in [6.45, 7) is 4.01. The Labute approximate surface area is 213 Å². The molecule has 0 spiro atoms. The van der Waals surface area contributed by atoms with Crippen LogP contribution in [0.2, 0.25) is 0 Å². The second-order valence-electron chi connectivity index (χ2n) is 8.62. The zero-order valence-corrected chi connectivity index (χ0v) is 20.5. The van der Waals surface area contributed by atoms with E-state index in [0.29, 0.717) is 22.3 Å². The summed E-state index contributed by atoms with van der Waals surface area (Å²) in [7, 11) is 0. The maximum Gasteiger partial charge on any atom is 0.332 e. The van der Waals surface area contributed by atoms with E-state index in [2.05, 4.69) is 16.6 Å². The van der Waals surface area contributed by atoms with Crippen molar-refractivity contribution in [2.45, 2.75) is 20.4 Å². The minimum Gasteiger partial charge on any atom is -0.341 e. The summed E-state index contributed by atoms with van der Waals surface area (Å²) < 4.78 is 2.15. The Hall–Kier alpha value is -4.84. The van der Waals surface area contributed by atoms with Gasteiger partial charge >= 0.3 is 5.97 Å². The van der Waals surface area contributed by atoms with Crippen molar-refractivity contribution < 1.29 is 19.2 Å². The number of oxime groups is 1.